The largest absolute Gasteiger partial charge is 0.341 e. The smallest absolute Gasteiger partial charge is 0.272 e. The molecular formula is C16H23N5O2. The van der Waals surface area contributed by atoms with Crippen LogP contribution in [-0.4, -0.2) is 70.9 Å². The van der Waals surface area contributed by atoms with Crippen molar-refractivity contribution >= 4 is 17.8 Å². The summed E-state index contributed by atoms with van der Waals surface area (Å²) in [7, 11) is 0. The fourth-order valence-electron chi connectivity index (χ4n) is 3.11. The Morgan fingerprint density at radius 3 is 2.17 bits per heavy atom. The number of amides is 2. The molecule has 0 unspecified atom stereocenters. The number of carbonyl (C=O) groups is 2. The van der Waals surface area contributed by atoms with Crippen LogP contribution in [0.3, 0.4) is 0 Å². The van der Waals surface area contributed by atoms with Gasteiger partial charge < -0.3 is 14.7 Å². The highest BCUT2D eigenvalue weighted by molar-refractivity contribution is 5.93. The third-order valence-electron chi connectivity index (χ3n) is 4.46. The number of hydrogen-bond donors (Lipinski definition) is 0. The molecule has 7 nitrogen and oxygen atoms in total. The first kappa shape index (κ1) is 15.7. The van der Waals surface area contributed by atoms with Gasteiger partial charge >= 0.3 is 0 Å². The highest BCUT2D eigenvalue weighted by Gasteiger charge is 2.25. The molecule has 2 aliphatic heterocycles. The van der Waals surface area contributed by atoms with Crippen LogP contribution in [0.15, 0.2) is 6.07 Å². The number of rotatable bonds is 2. The Bertz CT molecular complexity index is 604. The fourth-order valence-corrected chi connectivity index (χ4v) is 3.11. The van der Waals surface area contributed by atoms with E-state index in [0.29, 0.717) is 37.8 Å². The van der Waals surface area contributed by atoms with E-state index in [1.54, 1.807) is 22.8 Å². The van der Waals surface area contributed by atoms with Crippen LogP contribution in [0.5, 0.6) is 0 Å². The molecule has 0 N–H and O–H groups in total. The second-order valence-electron chi connectivity index (χ2n) is 6.19. The number of anilines is 1. The molecule has 3 rings (SSSR count). The minimum atomic E-state index is -0.0702. The molecule has 0 radical (unpaired) electrons. The van der Waals surface area contributed by atoms with Crippen molar-refractivity contribution in [3.8, 4) is 0 Å². The van der Waals surface area contributed by atoms with Crippen LogP contribution in [0.4, 0.5) is 5.95 Å². The number of nitrogens with zero attached hydrogens (tertiary/aromatic N) is 5. The van der Waals surface area contributed by atoms with Crippen LogP contribution < -0.4 is 4.90 Å². The van der Waals surface area contributed by atoms with Crippen molar-refractivity contribution in [3.63, 3.8) is 0 Å². The summed E-state index contributed by atoms with van der Waals surface area (Å²) in [6, 6.07) is 1.75. The number of aryl methyl sites for hydroxylation is 1. The highest BCUT2D eigenvalue weighted by Crippen LogP contribution is 2.18. The minimum absolute atomic E-state index is 0.0614. The molecule has 7 heteroatoms. The predicted octanol–water partition coefficient (Wildman–Crippen LogP) is 0.690. The summed E-state index contributed by atoms with van der Waals surface area (Å²) in [5.41, 5.74) is 1.27. The first-order valence-corrected chi connectivity index (χ1v) is 8.20. The molecule has 124 valence electrons. The van der Waals surface area contributed by atoms with Crippen molar-refractivity contribution in [3.05, 3.63) is 17.5 Å². The number of aromatic nitrogens is 2. The van der Waals surface area contributed by atoms with Crippen LogP contribution in [-0.2, 0) is 4.79 Å². The Labute approximate surface area is 136 Å². The summed E-state index contributed by atoms with van der Waals surface area (Å²) in [5.74, 6) is 0.652. The van der Waals surface area contributed by atoms with Gasteiger partial charge in [0.05, 0.1) is 0 Å². The molecule has 0 atom stereocenters. The highest BCUT2D eigenvalue weighted by atomic mass is 16.2. The lowest BCUT2D eigenvalue weighted by Crippen LogP contribution is -2.50. The average Bonchev–Trinajstić information content (AvgIpc) is 3.08. The molecule has 3 heterocycles. The summed E-state index contributed by atoms with van der Waals surface area (Å²) < 4.78 is 0. The van der Waals surface area contributed by atoms with E-state index in [-0.39, 0.29) is 11.8 Å². The number of carbonyl (C=O) groups excluding carboxylic acids is 2. The monoisotopic (exact) mass is 317 g/mol. The first-order chi connectivity index (χ1) is 11.0. The van der Waals surface area contributed by atoms with E-state index in [2.05, 4.69) is 14.9 Å². The maximum atomic E-state index is 12.7. The lowest BCUT2D eigenvalue weighted by atomic mass is 10.2. The van der Waals surface area contributed by atoms with Crippen LogP contribution in [0, 0.1) is 6.92 Å². The molecule has 1 aromatic heterocycles. The number of hydrogen-bond acceptors (Lipinski definition) is 5. The minimum Gasteiger partial charge on any atom is -0.341 e. The first-order valence-electron chi connectivity index (χ1n) is 8.20. The van der Waals surface area contributed by atoms with Gasteiger partial charge in [-0.2, -0.15) is 0 Å². The SMILES string of the molecule is CC(=O)N1CCN(C(=O)c2cc(C)nc(N3CCCC3)n2)CC1. The van der Waals surface area contributed by atoms with E-state index in [1.165, 1.54) is 0 Å². The molecule has 2 saturated heterocycles. The number of piperazine rings is 1. The Morgan fingerprint density at radius 2 is 1.57 bits per heavy atom. The van der Waals surface area contributed by atoms with Gasteiger partial charge in [0.15, 0.2) is 0 Å². The Morgan fingerprint density at radius 1 is 0.957 bits per heavy atom. The van der Waals surface area contributed by atoms with Gasteiger partial charge in [-0.1, -0.05) is 0 Å². The maximum absolute atomic E-state index is 12.7. The van der Waals surface area contributed by atoms with Crippen molar-refractivity contribution in [1.29, 1.82) is 0 Å². The topological polar surface area (TPSA) is 69.6 Å². The lowest BCUT2D eigenvalue weighted by molar-refractivity contribution is -0.130. The second-order valence-corrected chi connectivity index (χ2v) is 6.19. The molecule has 1 aromatic rings. The summed E-state index contributed by atoms with van der Waals surface area (Å²) in [5, 5.41) is 0. The quantitative estimate of drug-likeness (QED) is 0.803. The van der Waals surface area contributed by atoms with E-state index >= 15 is 0 Å². The van der Waals surface area contributed by atoms with Gasteiger partial charge in [0.25, 0.3) is 5.91 Å². The zero-order chi connectivity index (χ0) is 16.4. The third-order valence-corrected chi connectivity index (χ3v) is 4.46. The van der Waals surface area contributed by atoms with Crippen molar-refractivity contribution in [1.82, 2.24) is 19.8 Å². The van der Waals surface area contributed by atoms with Crippen molar-refractivity contribution < 1.29 is 9.59 Å². The van der Waals surface area contributed by atoms with E-state index in [1.807, 2.05) is 6.92 Å². The summed E-state index contributed by atoms with van der Waals surface area (Å²) in [6.07, 6.45) is 2.29. The molecule has 2 fully saturated rings. The van der Waals surface area contributed by atoms with Crippen LogP contribution >= 0.6 is 0 Å². The molecular weight excluding hydrogens is 294 g/mol. The van der Waals surface area contributed by atoms with Gasteiger partial charge in [0.1, 0.15) is 5.69 Å². The van der Waals surface area contributed by atoms with Crippen molar-refractivity contribution in [2.24, 2.45) is 0 Å². The van der Waals surface area contributed by atoms with Gasteiger partial charge in [-0.05, 0) is 25.8 Å². The standard InChI is InChI=1S/C16H23N5O2/c1-12-11-14(18-16(17-12)21-5-3-4-6-21)15(23)20-9-7-19(8-10-20)13(2)22/h11H,3-10H2,1-2H3. The van der Waals surface area contributed by atoms with Gasteiger partial charge in [-0.25, -0.2) is 9.97 Å². The molecule has 2 aliphatic rings. The van der Waals surface area contributed by atoms with Gasteiger partial charge in [0.2, 0.25) is 11.9 Å². The molecule has 0 spiro atoms. The Balaban J connectivity index is 1.73. The maximum Gasteiger partial charge on any atom is 0.272 e. The van der Waals surface area contributed by atoms with E-state index < -0.39 is 0 Å². The summed E-state index contributed by atoms with van der Waals surface area (Å²) in [4.78, 5) is 38.7. The summed E-state index contributed by atoms with van der Waals surface area (Å²) in [6.45, 7) is 7.65. The molecule has 0 aromatic carbocycles. The zero-order valence-corrected chi connectivity index (χ0v) is 13.8. The zero-order valence-electron chi connectivity index (χ0n) is 13.8. The third kappa shape index (κ3) is 3.43. The molecule has 2 amide bonds. The predicted molar refractivity (Wildman–Crippen MR) is 86.4 cm³/mol. The van der Waals surface area contributed by atoms with Crippen LogP contribution in [0.1, 0.15) is 35.9 Å². The van der Waals surface area contributed by atoms with E-state index in [4.69, 9.17) is 0 Å². The fraction of sp³-hybridized carbons (Fsp3) is 0.625. The molecule has 0 bridgehead atoms. The molecule has 23 heavy (non-hydrogen) atoms. The normalized spacial score (nSPS) is 18.4. The van der Waals surface area contributed by atoms with Gasteiger partial charge in [0, 0.05) is 51.9 Å². The van der Waals surface area contributed by atoms with Gasteiger partial charge in [-0.3, -0.25) is 9.59 Å². The summed E-state index contributed by atoms with van der Waals surface area (Å²) >= 11 is 0. The Hall–Kier alpha value is -2.18. The lowest BCUT2D eigenvalue weighted by Gasteiger charge is -2.34. The molecule has 0 aliphatic carbocycles. The van der Waals surface area contributed by atoms with E-state index in [0.717, 1.165) is 31.6 Å². The van der Waals surface area contributed by atoms with Crippen LogP contribution in [0.2, 0.25) is 0 Å². The van der Waals surface area contributed by atoms with E-state index in [9.17, 15) is 9.59 Å². The van der Waals surface area contributed by atoms with Crippen molar-refractivity contribution in [2.75, 3.05) is 44.2 Å². The van der Waals surface area contributed by atoms with Crippen molar-refractivity contribution in [2.45, 2.75) is 26.7 Å². The average molecular weight is 317 g/mol. The second kappa shape index (κ2) is 6.52. The molecule has 0 saturated carbocycles. The van der Waals surface area contributed by atoms with Crippen LogP contribution in [0.25, 0.3) is 0 Å². The van der Waals surface area contributed by atoms with Gasteiger partial charge in [-0.15, -0.1) is 0 Å². The Kier molecular flexibility index (Phi) is 4.45.